The molecule has 10 nitrogen and oxygen atoms in total. The largest absolute Gasteiger partial charge is 0.490 e. The van der Waals surface area contributed by atoms with E-state index in [-0.39, 0.29) is 10.3 Å². The highest BCUT2D eigenvalue weighted by atomic mass is 32.2. The van der Waals surface area contributed by atoms with Gasteiger partial charge in [-0.05, 0) is 31.2 Å². The Morgan fingerprint density at radius 3 is 2.63 bits per heavy atom. The van der Waals surface area contributed by atoms with Gasteiger partial charge in [0.2, 0.25) is 20.3 Å². The van der Waals surface area contributed by atoms with E-state index in [1.807, 2.05) is 19.1 Å². The van der Waals surface area contributed by atoms with Crippen LogP contribution < -0.4 is 19.5 Å². The standard InChI is InChI=1S/C18H19N5O5S2/c1-3-27-15-9-13(6-7-14(15)28-11-12-5-4-8-19-10-12)16(24)20-17-21-22-18(29-17)23-30(2,25)26/h4-10H,3,11H2,1-2H3,(H,22,23)(H,20,21,24). The molecule has 2 aromatic heterocycles. The molecule has 2 heterocycles. The lowest BCUT2D eigenvalue weighted by Crippen LogP contribution is -2.12. The molecule has 0 fully saturated rings. The number of carbonyl (C=O) groups excluding carboxylic acids is 1. The third kappa shape index (κ3) is 6.12. The monoisotopic (exact) mass is 449 g/mol. The molecule has 2 N–H and O–H groups in total. The highest BCUT2D eigenvalue weighted by Crippen LogP contribution is 2.30. The van der Waals surface area contributed by atoms with Gasteiger partial charge in [0.05, 0.1) is 12.9 Å². The zero-order chi connectivity index (χ0) is 21.6. The van der Waals surface area contributed by atoms with Gasteiger partial charge in [-0.2, -0.15) is 0 Å². The topological polar surface area (TPSA) is 132 Å². The van der Waals surface area contributed by atoms with Crippen LogP contribution in [0.25, 0.3) is 0 Å². The number of carbonyl (C=O) groups is 1. The minimum absolute atomic E-state index is 0.0574. The molecule has 0 aliphatic carbocycles. The molecule has 0 bridgehead atoms. The summed E-state index contributed by atoms with van der Waals surface area (Å²) in [5.41, 5.74) is 1.22. The molecule has 30 heavy (non-hydrogen) atoms. The number of hydrogen-bond acceptors (Lipinski definition) is 9. The van der Waals surface area contributed by atoms with E-state index in [0.29, 0.717) is 30.3 Å². The number of nitrogens with one attached hydrogen (secondary N) is 2. The molecule has 0 radical (unpaired) electrons. The zero-order valence-corrected chi connectivity index (χ0v) is 17.8. The molecule has 12 heteroatoms. The summed E-state index contributed by atoms with van der Waals surface area (Å²) in [6, 6.07) is 8.51. The van der Waals surface area contributed by atoms with Crippen LogP contribution in [0.3, 0.4) is 0 Å². The van der Waals surface area contributed by atoms with Gasteiger partial charge in [-0.3, -0.25) is 19.8 Å². The number of benzene rings is 1. The van der Waals surface area contributed by atoms with E-state index in [2.05, 4.69) is 25.2 Å². The van der Waals surface area contributed by atoms with Crippen LogP contribution in [0.5, 0.6) is 11.5 Å². The number of anilines is 2. The average molecular weight is 450 g/mol. The minimum Gasteiger partial charge on any atom is -0.490 e. The van der Waals surface area contributed by atoms with Gasteiger partial charge in [-0.25, -0.2) is 8.42 Å². The van der Waals surface area contributed by atoms with Crippen LogP contribution in [-0.2, 0) is 16.6 Å². The van der Waals surface area contributed by atoms with E-state index in [9.17, 15) is 13.2 Å². The number of sulfonamides is 1. The molecule has 158 valence electrons. The van der Waals surface area contributed by atoms with Gasteiger partial charge >= 0.3 is 0 Å². The Bertz CT molecular complexity index is 1120. The molecular weight excluding hydrogens is 430 g/mol. The average Bonchev–Trinajstić information content (AvgIpc) is 3.12. The summed E-state index contributed by atoms with van der Waals surface area (Å²) in [6.07, 6.45) is 4.39. The van der Waals surface area contributed by atoms with Gasteiger partial charge in [0.1, 0.15) is 6.61 Å². The predicted octanol–water partition coefficient (Wildman–Crippen LogP) is 2.53. The lowest BCUT2D eigenvalue weighted by atomic mass is 10.2. The molecule has 1 aromatic carbocycles. The van der Waals surface area contributed by atoms with Crippen molar-refractivity contribution < 1.29 is 22.7 Å². The number of ether oxygens (including phenoxy) is 2. The maximum absolute atomic E-state index is 12.5. The molecule has 0 spiro atoms. The first-order chi connectivity index (χ1) is 14.3. The minimum atomic E-state index is -3.48. The van der Waals surface area contributed by atoms with Crippen molar-refractivity contribution in [2.24, 2.45) is 0 Å². The fourth-order valence-corrected chi connectivity index (χ4v) is 3.79. The number of aromatic nitrogens is 3. The van der Waals surface area contributed by atoms with Crippen molar-refractivity contribution in [3.63, 3.8) is 0 Å². The SMILES string of the molecule is CCOc1cc(C(=O)Nc2nnc(NS(C)(=O)=O)s2)ccc1OCc1cccnc1. The molecule has 0 aliphatic heterocycles. The van der Waals surface area contributed by atoms with E-state index >= 15 is 0 Å². The molecular formula is C18H19N5O5S2. The molecule has 3 rings (SSSR count). The second-order valence-electron chi connectivity index (χ2n) is 5.99. The van der Waals surface area contributed by atoms with Crippen LogP contribution >= 0.6 is 11.3 Å². The number of nitrogens with zero attached hydrogens (tertiary/aromatic N) is 3. The first-order valence-corrected chi connectivity index (χ1v) is 11.5. The van der Waals surface area contributed by atoms with Gasteiger partial charge in [0, 0.05) is 23.5 Å². The van der Waals surface area contributed by atoms with Gasteiger partial charge in [0.25, 0.3) is 5.91 Å². The van der Waals surface area contributed by atoms with Gasteiger partial charge in [-0.1, -0.05) is 17.4 Å². The number of hydrogen-bond donors (Lipinski definition) is 2. The smallest absolute Gasteiger partial charge is 0.257 e. The quantitative estimate of drug-likeness (QED) is 0.509. The van der Waals surface area contributed by atoms with Gasteiger partial charge < -0.3 is 9.47 Å². The second kappa shape index (κ2) is 9.50. The first kappa shape index (κ1) is 21.5. The lowest BCUT2D eigenvalue weighted by Gasteiger charge is -2.13. The lowest BCUT2D eigenvalue weighted by molar-refractivity contribution is 0.102. The fourth-order valence-electron chi connectivity index (χ4n) is 2.32. The summed E-state index contributed by atoms with van der Waals surface area (Å²) < 4.78 is 36.1. The van der Waals surface area contributed by atoms with Crippen molar-refractivity contribution in [3.05, 3.63) is 53.9 Å². The van der Waals surface area contributed by atoms with E-state index in [1.165, 1.54) is 0 Å². The Labute approximate surface area is 177 Å². The summed E-state index contributed by atoms with van der Waals surface area (Å²) in [6.45, 7) is 2.53. The van der Waals surface area contributed by atoms with Crippen molar-refractivity contribution in [1.82, 2.24) is 15.2 Å². The van der Waals surface area contributed by atoms with Crippen LogP contribution in [0.4, 0.5) is 10.3 Å². The first-order valence-electron chi connectivity index (χ1n) is 8.75. The maximum atomic E-state index is 12.5. The molecule has 0 atom stereocenters. The molecule has 0 saturated carbocycles. The highest BCUT2D eigenvalue weighted by molar-refractivity contribution is 7.92. The number of rotatable bonds is 9. The second-order valence-corrected chi connectivity index (χ2v) is 8.71. The Kier molecular flexibility index (Phi) is 6.79. The van der Waals surface area contributed by atoms with Crippen molar-refractivity contribution in [1.29, 1.82) is 0 Å². The fraction of sp³-hybridized carbons (Fsp3) is 0.222. The molecule has 0 unspecified atom stereocenters. The molecule has 0 aliphatic rings. The maximum Gasteiger partial charge on any atom is 0.257 e. The van der Waals surface area contributed by atoms with E-state index < -0.39 is 15.9 Å². The van der Waals surface area contributed by atoms with Gasteiger partial charge in [-0.15, -0.1) is 10.2 Å². The Balaban J connectivity index is 1.70. The van der Waals surface area contributed by atoms with Crippen LogP contribution in [-0.4, -0.2) is 42.4 Å². The Hall–Kier alpha value is -3.25. The van der Waals surface area contributed by atoms with Crippen LogP contribution in [0.15, 0.2) is 42.7 Å². The number of pyridine rings is 1. The Morgan fingerprint density at radius 2 is 1.93 bits per heavy atom. The third-order valence-electron chi connectivity index (χ3n) is 3.54. The highest BCUT2D eigenvalue weighted by Gasteiger charge is 2.15. The summed E-state index contributed by atoms with van der Waals surface area (Å²) in [5.74, 6) is 0.468. The predicted molar refractivity (Wildman–Crippen MR) is 113 cm³/mol. The molecule has 0 saturated heterocycles. The van der Waals surface area contributed by atoms with Crippen molar-refractivity contribution in [3.8, 4) is 11.5 Å². The van der Waals surface area contributed by atoms with Crippen molar-refractivity contribution in [2.45, 2.75) is 13.5 Å². The molecule has 1 amide bonds. The summed E-state index contributed by atoms with van der Waals surface area (Å²) >= 11 is 0.900. The van der Waals surface area contributed by atoms with E-state index in [1.54, 1.807) is 30.6 Å². The Morgan fingerprint density at radius 1 is 1.13 bits per heavy atom. The zero-order valence-electron chi connectivity index (χ0n) is 16.2. The summed E-state index contributed by atoms with van der Waals surface area (Å²) in [7, 11) is -3.48. The summed E-state index contributed by atoms with van der Waals surface area (Å²) in [4.78, 5) is 16.6. The van der Waals surface area contributed by atoms with E-state index in [4.69, 9.17) is 9.47 Å². The normalized spacial score (nSPS) is 11.0. The van der Waals surface area contributed by atoms with Crippen LogP contribution in [0.2, 0.25) is 0 Å². The van der Waals surface area contributed by atoms with Crippen LogP contribution in [0, 0.1) is 0 Å². The van der Waals surface area contributed by atoms with Gasteiger partial charge in [0.15, 0.2) is 11.5 Å². The van der Waals surface area contributed by atoms with Crippen molar-refractivity contribution in [2.75, 3.05) is 22.9 Å². The molecule has 3 aromatic rings. The summed E-state index contributed by atoms with van der Waals surface area (Å²) in [5, 5.41) is 10.2. The van der Waals surface area contributed by atoms with Crippen LogP contribution in [0.1, 0.15) is 22.8 Å². The van der Waals surface area contributed by atoms with E-state index in [0.717, 1.165) is 23.2 Å². The third-order valence-corrected chi connectivity index (χ3v) is 4.99. The van der Waals surface area contributed by atoms with Crippen molar-refractivity contribution >= 4 is 37.5 Å². The number of amides is 1.